The minimum Gasteiger partial charge on any atom is -0.411 e. The molecule has 1 aromatic heterocycles. The molecule has 2 aromatic rings. The topological polar surface area (TPSA) is 76.3 Å². The first kappa shape index (κ1) is 18.0. The van der Waals surface area contributed by atoms with Gasteiger partial charge in [0.2, 0.25) is 15.9 Å². The maximum Gasteiger partial charge on any atom is 0.277 e. The smallest absolute Gasteiger partial charge is 0.277 e. The van der Waals surface area contributed by atoms with E-state index in [0.717, 1.165) is 0 Å². The molecule has 1 heterocycles. The molecule has 2 rings (SSSR count). The van der Waals surface area contributed by atoms with Gasteiger partial charge in [-0.3, -0.25) is 0 Å². The van der Waals surface area contributed by atoms with Crippen LogP contribution in [0.3, 0.4) is 0 Å². The van der Waals surface area contributed by atoms with E-state index in [1.165, 1.54) is 16.1 Å². The van der Waals surface area contributed by atoms with E-state index in [0.29, 0.717) is 35.0 Å². The number of sulfonamides is 1. The van der Waals surface area contributed by atoms with Crippen molar-refractivity contribution in [1.29, 1.82) is 0 Å². The van der Waals surface area contributed by atoms with E-state index in [2.05, 4.69) is 10.2 Å². The van der Waals surface area contributed by atoms with Crippen LogP contribution in [0.2, 0.25) is 0 Å². The van der Waals surface area contributed by atoms with Gasteiger partial charge >= 0.3 is 0 Å². The SMILES string of the molecule is CCN(CC)S(=O)(=O)c1cccc(-c2nnc(SC(C)C)o2)c1. The summed E-state index contributed by atoms with van der Waals surface area (Å²) in [5.74, 6) is 0.324. The van der Waals surface area contributed by atoms with Gasteiger partial charge < -0.3 is 4.42 Å². The number of benzene rings is 1. The molecule has 0 spiro atoms. The van der Waals surface area contributed by atoms with E-state index in [-0.39, 0.29) is 4.90 Å². The summed E-state index contributed by atoms with van der Waals surface area (Å²) in [5.41, 5.74) is 0.598. The third-order valence-corrected chi connectivity index (χ3v) is 6.05. The molecule has 0 saturated heterocycles. The summed E-state index contributed by atoms with van der Waals surface area (Å²) in [7, 11) is -3.51. The number of hydrogen-bond donors (Lipinski definition) is 0. The van der Waals surface area contributed by atoms with Gasteiger partial charge in [0, 0.05) is 23.9 Å². The highest BCUT2D eigenvalue weighted by Gasteiger charge is 2.22. The fraction of sp³-hybridized carbons (Fsp3) is 0.467. The van der Waals surface area contributed by atoms with E-state index in [1.807, 2.05) is 27.7 Å². The molecular formula is C15H21N3O3S2. The first-order valence-electron chi connectivity index (χ1n) is 7.49. The Labute approximate surface area is 141 Å². The zero-order chi connectivity index (χ0) is 17.0. The lowest BCUT2D eigenvalue weighted by atomic mass is 10.2. The van der Waals surface area contributed by atoms with Crippen molar-refractivity contribution in [3.05, 3.63) is 24.3 Å². The highest BCUT2D eigenvalue weighted by atomic mass is 32.2. The molecule has 0 saturated carbocycles. The minimum absolute atomic E-state index is 0.231. The Balaban J connectivity index is 2.35. The van der Waals surface area contributed by atoms with Gasteiger partial charge in [-0.15, -0.1) is 10.2 Å². The van der Waals surface area contributed by atoms with Gasteiger partial charge in [0.05, 0.1) is 4.90 Å². The molecule has 1 aromatic carbocycles. The van der Waals surface area contributed by atoms with E-state index in [9.17, 15) is 8.42 Å². The Bertz CT molecular complexity index is 753. The summed E-state index contributed by atoms with van der Waals surface area (Å²) in [5, 5.41) is 8.79. The summed E-state index contributed by atoms with van der Waals surface area (Å²) in [6, 6.07) is 6.60. The monoisotopic (exact) mass is 355 g/mol. The minimum atomic E-state index is -3.51. The third kappa shape index (κ3) is 4.13. The van der Waals surface area contributed by atoms with Crippen LogP contribution in [0.4, 0.5) is 0 Å². The van der Waals surface area contributed by atoms with Crippen LogP contribution < -0.4 is 0 Å². The van der Waals surface area contributed by atoms with Gasteiger partial charge in [0.1, 0.15) is 0 Å². The second-order valence-corrected chi connectivity index (χ2v) is 8.62. The average Bonchev–Trinajstić information content (AvgIpc) is 2.96. The largest absolute Gasteiger partial charge is 0.411 e. The zero-order valence-corrected chi connectivity index (χ0v) is 15.3. The fourth-order valence-electron chi connectivity index (χ4n) is 2.08. The normalized spacial score (nSPS) is 12.3. The number of thioether (sulfide) groups is 1. The maximum atomic E-state index is 12.6. The lowest BCUT2D eigenvalue weighted by Gasteiger charge is -2.18. The van der Waals surface area contributed by atoms with E-state index in [4.69, 9.17) is 4.42 Å². The quantitative estimate of drug-likeness (QED) is 0.710. The predicted octanol–water partition coefficient (Wildman–Crippen LogP) is 3.27. The molecule has 0 atom stereocenters. The Morgan fingerprint density at radius 2 is 1.91 bits per heavy atom. The summed E-state index contributed by atoms with van der Waals surface area (Å²) >= 11 is 1.47. The predicted molar refractivity (Wildman–Crippen MR) is 90.8 cm³/mol. The zero-order valence-electron chi connectivity index (χ0n) is 13.7. The van der Waals surface area contributed by atoms with Gasteiger partial charge in [-0.25, -0.2) is 8.42 Å². The summed E-state index contributed by atoms with van der Waals surface area (Å²) < 4.78 is 32.2. The second kappa shape index (κ2) is 7.46. The van der Waals surface area contributed by atoms with Crippen LogP contribution in [0.5, 0.6) is 0 Å². The van der Waals surface area contributed by atoms with Gasteiger partial charge in [-0.05, 0) is 18.2 Å². The Kier molecular flexibility index (Phi) is 5.83. The van der Waals surface area contributed by atoms with Gasteiger partial charge in [-0.1, -0.05) is 45.5 Å². The van der Waals surface area contributed by atoms with Crippen LogP contribution in [-0.2, 0) is 10.0 Å². The molecule has 0 bridgehead atoms. The molecule has 0 N–H and O–H groups in total. The van der Waals surface area contributed by atoms with Gasteiger partial charge in [-0.2, -0.15) is 4.31 Å². The Morgan fingerprint density at radius 3 is 2.52 bits per heavy atom. The summed E-state index contributed by atoms with van der Waals surface area (Å²) in [6.07, 6.45) is 0. The lowest BCUT2D eigenvalue weighted by Crippen LogP contribution is -2.30. The Hall–Kier alpha value is -1.38. The molecule has 0 radical (unpaired) electrons. The molecule has 6 nitrogen and oxygen atoms in total. The lowest BCUT2D eigenvalue weighted by molar-refractivity contribution is 0.445. The van der Waals surface area contributed by atoms with Crippen LogP contribution in [0, 0.1) is 0 Å². The van der Waals surface area contributed by atoms with E-state index in [1.54, 1.807) is 24.3 Å². The van der Waals surface area contributed by atoms with Crippen molar-refractivity contribution >= 4 is 21.8 Å². The van der Waals surface area contributed by atoms with Crippen molar-refractivity contribution in [2.24, 2.45) is 0 Å². The van der Waals surface area contributed by atoms with Crippen molar-refractivity contribution in [3.63, 3.8) is 0 Å². The van der Waals surface area contributed by atoms with Crippen LogP contribution in [0.1, 0.15) is 27.7 Å². The highest BCUT2D eigenvalue weighted by molar-refractivity contribution is 7.99. The van der Waals surface area contributed by atoms with Gasteiger partial charge in [0.15, 0.2) is 0 Å². The molecular weight excluding hydrogens is 334 g/mol. The molecule has 8 heteroatoms. The molecule has 0 aliphatic rings. The molecule has 0 aliphatic carbocycles. The van der Waals surface area contributed by atoms with Crippen molar-refractivity contribution < 1.29 is 12.8 Å². The Morgan fingerprint density at radius 1 is 1.22 bits per heavy atom. The number of nitrogens with zero attached hydrogens (tertiary/aromatic N) is 3. The van der Waals surface area contributed by atoms with E-state index < -0.39 is 10.0 Å². The third-order valence-electron chi connectivity index (χ3n) is 3.17. The number of aromatic nitrogens is 2. The van der Waals surface area contributed by atoms with Gasteiger partial charge in [0.25, 0.3) is 5.22 Å². The first-order valence-corrected chi connectivity index (χ1v) is 9.81. The van der Waals surface area contributed by atoms with Crippen LogP contribution in [0.15, 0.2) is 38.8 Å². The van der Waals surface area contributed by atoms with Crippen LogP contribution in [-0.4, -0.2) is 41.3 Å². The molecule has 0 fully saturated rings. The first-order chi connectivity index (χ1) is 10.9. The number of rotatable bonds is 7. The van der Waals surface area contributed by atoms with E-state index >= 15 is 0 Å². The fourth-order valence-corrected chi connectivity index (χ4v) is 4.20. The highest BCUT2D eigenvalue weighted by Crippen LogP contribution is 2.27. The standard InChI is InChI=1S/C15H21N3O3S2/c1-5-18(6-2)23(19,20)13-9-7-8-12(10-13)14-16-17-15(21-14)22-11(3)4/h7-11H,5-6H2,1-4H3. The second-order valence-electron chi connectivity index (χ2n) is 5.16. The van der Waals surface area contributed by atoms with Crippen molar-refractivity contribution in [2.45, 2.75) is 43.1 Å². The molecule has 126 valence electrons. The summed E-state index contributed by atoms with van der Waals surface area (Å²) in [6.45, 7) is 8.56. The van der Waals surface area contributed by atoms with Crippen LogP contribution in [0.25, 0.3) is 11.5 Å². The molecule has 23 heavy (non-hydrogen) atoms. The van der Waals surface area contributed by atoms with Crippen LogP contribution >= 0.6 is 11.8 Å². The molecule has 0 unspecified atom stereocenters. The average molecular weight is 355 g/mol. The van der Waals surface area contributed by atoms with Crippen molar-refractivity contribution in [3.8, 4) is 11.5 Å². The summed E-state index contributed by atoms with van der Waals surface area (Å²) in [4.78, 5) is 0.231. The molecule has 0 amide bonds. The molecule has 0 aliphatic heterocycles. The van der Waals surface area contributed by atoms with Crippen molar-refractivity contribution in [2.75, 3.05) is 13.1 Å². The van der Waals surface area contributed by atoms with Crippen molar-refractivity contribution in [1.82, 2.24) is 14.5 Å². The maximum absolute atomic E-state index is 12.6. The number of hydrogen-bond acceptors (Lipinski definition) is 6.